The highest BCUT2D eigenvalue weighted by molar-refractivity contribution is 5.32. The lowest BCUT2D eigenvalue weighted by Crippen LogP contribution is -2.20. The van der Waals surface area contributed by atoms with Crippen molar-refractivity contribution in [2.24, 2.45) is 0 Å². The molecule has 2 rings (SSSR count). The van der Waals surface area contributed by atoms with Gasteiger partial charge in [-0.2, -0.15) is 0 Å². The Hall–Kier alpha value is -1.87. The van der Waals surface area contributed by atoms with Gasteiger partial charge in [0.2, 0.25) is 0 Å². The highest BCUT2D eigenvalue weighted by atomic mass is 16.5. The number of hydrogen-bond donors (Lipinski definition) is 1. The van der Waals surface area contributed by atoms with Gasteiger partial charge in [0.25, 0.3) is 0 Å². The summed E-state index contributed by atoms with van der Waals surface area (Å²) in [6.07, 6.45) is 3.66. The fourth-order valence-corrected chi connectivity index (χ4v) is 1.99. The van der Waals surface area contributed by atoms with Crippen LogP contribution in [0.25, 0.3) is 0 Å². The highest BCUT2D eigenvalue weighted by Gasteiger charge is 1.97. The minimum absolute atomic E-state index is 0.670. The quantitative estimate of drug-likeness (QED) is 0.807. The van der Waals surface area contributed by atoms with Crippen molar-refractivity contribution in [1.82, 2.24) is 10.3 Å². The van der Waals surface area contributed by atoms with Crippen molar-refractivity contribution < 1.29 is 4.74 Å². The number of pyridine rings is 1. The van der Waals surface area contributed by atoms with E-state index in [4.69, 9.17) is 4.74 Å². The first-order valence-electron chi connectivity index (χ1n) is 6.55. The Morgan fingerprint density at radius 2 is 1.95 bits per heavy atom. The van der Waals surface area contributed by atoms with E-state index in [2.05, 4.69) is 48.4 Å². The van der Waals surface area contributed by atoms with Crippen LogP contribution in [0.5, 0.6) is 5.75 Å². The van der Waals surface area contributed by atoms with Crippen molar-refractivity contribution in [2.75, 3.05) is 13.2 Å². The molecule has 0 radical (unpaired) electrons. The largest absolute Gasteiger partial charge is 0.492 e. The summed E-state index contributed by atoms with van der Waals surface area (Å²) in [4.78, 5) is 4.08. The molecule has 0 spiro atoms. The van der Waals surface area contributed by atoms with Crippen LogP contribution in [0.2, 0.25) is 0 Å². The summed E-state index contributed by atoms with van der Waals surface area (Å²) >= 11 is 0. The summed E-state index contributed by atoms with van der Waals surface area (Å²) in [6, 6.07) is 10.3. The molecule has 0 aliphatic carbocycles. The summed E-state index contributed by atoms with van der Waals surface area (Å²) in [7, 11) is 0. The molecular formula is C16H20N2O. The summed E-state index contributed by atoms with van der Waals surface area (Å²) in [5.41, 5.74) is 3.66. The maximum Gasteiger partial charge on any atom is 0.119 e. The first-order valence-corrected chi connectivity index (χ1v) is 6.55. The average Bonchev–Trinajstić information content (AvgIpc) is 2.38. The Morgan fingerprint density at radius 1 is 1.16 bits per heavy atom. The number of rotatable bonds is 6. The van der Waals surface area contributed by atoms with E-state index in [-0.39, 0.29) is 0 Å². The van der Waals surface area contributed by atoms with Crippen molar-refractivity contribution in [3.05, 3.63) is 59.4 Å². The van der Waals surface area contributed by atoms with Crippen molar-refractivity contribution in [2.45, 2.75) is 20.4 Å². The molecule has 3 nitrogen and oxygen atoms in total. The van der Waals surface area contributed by atoms with Crippen LogP contribution in [0, 0.1) is 13.8 Å². The summed E-state index contributed by atoms with van der Waals surface area (Å²) in [6.45, 7) is 6.48. The third kappa shape index (κ3) is 4.72. The normalized spacial score (nSPS) is 10.4. The Balaban J connectivity index is 1.69. The van der Waals surface area contributed by atoms with Gasteiger partial charge in [0, 0.05) is 25.5 Å². The smallest absolute Gasteiger partial charge is 0.119 e. The molecular weight excluding hydrogens is 236 g/mol. The third-order valence-electron chi connectivity index (χ3n) is 2.79. The van der Waals surface area contributed by atoms with Gasteiger partial charge in [-0.25, -0.2) is 0 Å². The van der Waals surface area contributed by atoms with Gasteiger partial charge in [-0.1, -0.05) is 12.1 Å². The minimum Gasteiger partial charge on any atom is -0.492 e. The van der Waals surface area contributed by atoms with Gasteiger partial charge in [0.1, 0.15) is 12.4 Å². The monoisotopic (exact) mass is 256 g/mol. The average molecular weight is 256 g/mol. The second-order valence-electron chi connectivity index (χ2n) is 4.71. The molecule has 0 aliphatic heterocycles. The number of nitrogens with zero attached hydrogens (tertiary/aromatic N) is 1. The van der Waals surface area contributed by atoms with Crippen LogP contribution in [0.3, 0.4) is 0 Å². The number of nitrogens with one attached hydrogen (secondary N) is 1. The molecule has 0 aliphatic rings. The molecule has 0 bridgehead atoms. The summed E-state index contributed by atoms with van der Waals surface area (Å²) < 4.78 is 5.73. The van der Waals surface area contributed by atoms with Gasteiger partial charge >= 0.3 is 0 Å². The Bertz CT molecular complexity index is 491. The Kier molecular flexibility index (Phi) is 4.93. The molecule has 0 unspecified atom stereocenters. The first-order chi connectivity index (χ1) is 9.24. The van der Waals surface area contributed by atoms with Crippen LogP contribution in [0.4, 0.5) is 0 Å². The van der Waals surface area contributed by atoms with Crippen LogP contribution in [-0.2, 0) is 6.54 Å². The predicted octanol–water partition coefficient (Wildman–Crippen LogP) is 2.87. The molecule has 1 heterocycles. The second kappa shape index (κ2) is 6.90. The Morgan fingerprint density at radius 3 is 2.63 bits per heavy atom. The zero-order chi connectivity index (χ0) is 13.5. The van der Waals surface area contributed by atoms with Crippen molar-refractivity contribution >= 4 is 0 Å². The van der Waals surface area contributed by atoms with E-state index in [0.717, 1.165) is 18.8 Å². The molecule has 0 saturated carbocycles. The Labute approximate surface area is 114 Å². The zero-order valence-electron chi connectivity index (χ0n) is 11.5. The number of aryl methyl sites for hydroxylation is 2. The van der Waals surface area contributed by atoms with E-state index in [0.29, 0.717) is 6.61 Å². The van der Waals surface area contributed by atoms with E-state index in [1.54, 1.807) is 6.20 Å². The van der Waals surface area contributed by atoms with Gasteiger partial charge in [-0.05, 0) is 48.7 Å². The predicted molar refractivity (Wildman–Crippen MR) is 77.4 cm³/mol. The standard InChI is InChI=1S/C16H20N2O/c1-13-8-14(2)10-16(9-13)19-7-6-18-12-15-4-3-5-17-11-15/h3-5,8-11,18H,6-7,12H2,1-2H3. The molecule has 1 aromatic heterocycles. The molecule has 100 valence electrons. The summed E-state index contributed by atoms with van der Waals surface area (Å²) in [5.74, 6) is 0.945. The van der Waals surface area contributed by atoms with Gasteiger partial charge in [-0.15, -0.1) is 0 Å². The molecule has 1 aromatic carbocycles. The van der Waals surface area contributed by atoms with Crippen molar-refractivity contribution in [3.8, 4) is 5.75 Å². The molecule has 19 heavy (non-hydrogen) atoms. The SMILES string of the molecule is Cc1cc(C)cc(OCCNCc2cccnc2)c1. The molecule has 3 heteroatoms. The van der Waals surface area contributed by atoms with E-state index in [1.807, 2.05) is 12.3 Å². The molecule has 0 atom stereocenters. The minimum atomic E-state index is 0.670. The maximum absolute atomic E-state index is 5.73. The van der Waals surface area contributed by atoms with Crippen LogP contribution in [0.1, 0.15) is 16.7 Å². The van der Waals surface area contributed by atoms with Crippen molar-refractivity contribution in [3.63, 3.8) is 0 Å². The fourth-order valence-electron chi connectivity index (χ4n) is 1.99. The van der Waals surface area contributed by atoms with Crippen molar-refractivity contribution in [1.29, 1.82) is 0 Å². The number of ether oxygens (including phenoxy) is 1. The van der Waals surface area contributed by atoms with E-state index in [9.17, 15) is 0 Å². The van der Waals surface area contributed by atoms with E-state index in [1.165, 1.54) is 16.7 Å². The van der Waals surface area contributed by atoms with Crippen LogP contribution < -0.4 is 10.1 Å². The third-order valence-corrected chi connectivity index (χ3v) is 2.79. The van der Waals surface area contributed by atoms with E-state index >= 15 is 0 Å². The van der Waals surface area contributed by atoms with E-state index < -0.39 is 0 Å². The maximum atomic E-state index is 5.73. The molecule has 0 amide bonds. The molecule has 2 aromatic rings. The van der Waals surface area contributed by atoms with Crippen LogP contribution in [0.15, 0.2) is 42.7 Å². The number of aromatic nitrogens is 1. The summed E-state index contributed by atoms with van der Waals surface area (Å²) in [5, 5.41) is 3.34. The van der Waals surface area contributed by atoms with Gasteiger partial charge in [0.05, 0.1) is 0 Å². The topological polar surface area (TPSA) is 34.1 Å². The highest BCUT2D eigenvalue weighted by Crippen LogP contribution is 2.15. The number of benzene rings is 1. The lowest BCUT2D eigenvalue weighted by molar-refractivity contribution is 0.313. The van der Waals surface area contributed by atoms with Crippen LogP contribution >= 0.6 is 0 Å². The first kappa shape index (κ1) is 13.6. The van der Waals surface area contributed by atoms with Crippen LogP contribution in [-0.4, -0.2) is 18.1 Å². The molecule has 1 N–H and O–H groups in total. The van der Waals surface area contributed by atoms with Gasteiger partial charge < -0.3 is 10.1 Å². The molecule has 0 fully saturated rings. The second-order valence-corrected chi connectivity index (χ2v) is 4.71. The molecule has 0 saturated heterocycles. The zero-order valence-corrected chi connectivity index (χ0v) is 11.5. The number of hydrogen-bond acceptors (Lipinski definition) is 3. The lowest BCUT2D eigenvalue weighted by atomic mass is 10.1. The lowest BCUT2D eigenvalue weighted by Gasteiger charge is -2.09. The fraction of sp³-hybridized carbons (Fsp3) is 0.312. The van der Waals surface area contributed by atoms with Gasteiger partial charge in [-0.3, -0.25) is 4.98 Å². The van der Waals surface area contributed by atoms with Gasteiger partial charge in [0.15, 0.2) is 0 Å².